The number of alkyl halides is 1. The van der Waals surface area contributed by atoms with Crippen molar-refractivity contribution < 1.29 is 4.74 Å². The van der Waals surface area contributed by atoms with Crippen LogP contribution in [0.5, 0.6) is 11.5 Å². The molecule has 0 aliphatic carbocycles. The van der Waals surface area contributed by atoms with Crippen LogP contribution in [-0.2, 0) is 5.88 Å². The summed E-state index contributed by atoms with van der Waals surface area (Å²) in [6, 6.07) is 5.50. The van der Waals surface area contributed by atoms with Crippen molar-refractivity contribution in [2.75, 3.05) is 0 Å². The molecule has 0 N–H and O–H groups in total. The third-order valence-corrected chi connectivity index (χ3v) is 2.10. The predicted molar refractivity (Wildman–Crippen MR) is 58.1 cm³/mol. The number of pyridine rings is 2. The largest absolute Gasteiger partial charge is 0.454 e. The fourth-order valence-electron chi connectivity index (χ4n) is 1.14. The lowest BCUT2D eigenvalue weighted by molar-refractivity contribution is 0.477. The van der Waals surface area contributed by atoms with E-state index in [9.17, 15) is 0 Å². The third kappa shape index (κ3) is 2.67. The molecule has 0 atom stereocenters. The molecule has 0 aliphatic heterocycles. The Morgan fingerprint density at radius 2 is 2.00 bits per heavy atom. The molecule has 76 valence electrons. The average molecular weight is 221 g/mol. The molecule has 0 saturated carbocycles. The fourth-order valence-corrected chi connectivity index (χ4v) is 1.28. The Hall–Kier alpha value is -1.61. The smallest absolute Gasteiger partial charge is 0.146 e. The van der Waals surface area contributed by atoms with Gasteiger partial charge in [-0.2, -0.15) is 0 Å². The highest BCUT2D eigenvalue weighted by atomic mass is 35.5. The minimum atomic E-state index is 0.428. The minimum Gasteiger partial charge on any atom is -0.454 e. The van der Waals surface area contributed by atoms with Crippen molar-refractivity contribution in [2.24, 2.45) is 0 Å². The molecule has 3 nitrogen and oxygen atoms in total. The molecule has 0 amide bonds. The Morgan fingerprint density at radius 1 is 1.13 bits per heavy atom. The van der Waals surface area contributed by atoms with Crippen molar-refractivity contribution in [1.82, 2.24) is 9.97 Å². The molecule has 4 heteroatoms. The molecular weight excluding hydrogens is 212 g/mol. The summed E-state index contributed by atoms with van der Waals surface area (Å²) in [6.45, 7) is 0. The van der Waals surface area contributed by atoms with Gasteiger partial charge in [-0.05, 0) is 23.8 Å². The van der Waals surface area contributed by atoms with Crippen molar-refractivity contribution in [1.29, 1.82) is 0 Å². The summed E-state index contributed by atoms with van der Waals surface area (Å²) >= 11 is 5.69. The first-order chi connectivity index (χ1) is 7.38. The second-order valence-corrected chi connectivity index (χ2v) is 3.22. The summed E-state index contributed by atoms with van der Waals surface area (Å²) in [4.78, 5) is 7.97. The Morgan fingerprint density at radius 3 is 2.73 bits per heavy atom. The van der Waals surface area contributed by atoms with E-state index in [2.05, 4.69) is 9.97 Å². The zero-order valence-corrected chi connectivity index (χ0v) is 8.69. The number of rotatable bonds is 3. The summed E-state index contributed by atoms with van der Waals surface area (Å²) in [6.07, 6.45) is 6.69. The van der Waals surface area contributed by atoms with E-state index < -0.39 is 0 Å². The SMILES string of the molecule is ClCc1cncc(Oc2cccnc2)c1. The third-order valence-electron chi connectivity index (χ3n) is 1.79. The van der Waals surface area contributed by atoms with Crippen molar-refractivity contribution in [3.05, 3.63) is 48.5 Å². The van der Waals surface area contributed by atoms with Crippen LogP contribution in [0.2, 0.25) is 0 Å². The van der Waals surface area contributed by atoms with E-state index in [4.69, 9.17) is 16.3 Å². The maximum atomic E-state index is 5.69. The summed E-state index contributed by atoms with van der Waals surface area (Å²) in [5.41, 5.74) is 0.929. The van der Waals surface area contributed by atoms with Crippen LogP contribution in [0, 0.1) is 0 Å². The number of halogens is 1. The van der Waals surface area contributed by atoms with E-state index in [0.717, 1.165) is 5.56 Å². The molecule has 2 aromatic heterocycles. The van der Waals surface area contributed by atoms with Gasteiger partial charge in [0.15, 0.2) is 0 Å². The van der Waals surface area contributed by atoms with E-state index in [1.54, 1.807) is 24.8 Å². The van der Waals surface area contributed by atoms with Crippen LogP contribution < -0.4 is 4.74 Å². The lowest BCUT2D eigenvalue weighted by Crippen LogP contribution is -1.88. The second-order valence-electron chi connectivity index (χ2n) is 2.95. The van der Waals surface area contributed by atoms with E-state index in [-0.39, 0.29) is 0 Å². The van der Waals surface area contributed by atoms with Crippen LogP contribution in [0.15, 0.2) is 43.0 Å². The molecular formula is C11H9ClN2O. The highest BCUT2D eigenvalue weighted by Crippen LogP contribution is 2.20. The van der Waals surface area contributed by atoms with Gasteiger partial charge in [-0.25, -0.2) is 0 Å². The molecule has 0 radical (unpaired) electrons. The van der Waals surface area contributed by atoms with Crippen LogP contribution in [0.25, 0.3) is 0 Å². The molecule has 2 aromatic rings. The lowest BCUT2D eigenvalue weighted by Gasteiger charge is -2.04. The molecule has 2 heterocycles. The van der Waals surface area contributed by atoms with Gasteiger partial charge in [-0.1, -0.05) is 0 Å². The first-order valence-corrected chi connectivity index (χ1v) is 5.00. The van der Waals surface area contributed by atoms with Gasteiger partial charge in [-0.3, -0.25) is 9.97 Å². The van der Waals surface area contributed by atoms with Crippen molar-refractivity contribution >= 4 is 11.6 Å². The lowest BCUT2D eigenvalue weighted by atomic mass is 10.3. The number of aromatic nitrogens is 2. The zero-order valence-electron chi connectivity index (χ0n) is 7.93. The van der Waals surface area contributed by atoms with Crippen LogP contribution in [0.1, 0.15) is 5.56 Å². The Labute approximate surface area is 92.7 Å². The van der Waals surface area contributed by atoms with Gasteiger partial charge in [0.25, 0.3) is 0 Å². The van der Waals surface area contributed by atoms with E-state index in [1.807, 2.05) is 18.2 Å². The van der Waals surface area contributed by atoms with Crippen LogP contribution in [-0.4, -0.2) is 9.97 Å². The van der Waals surface area contributed by atoms with Gasteiger partial charge in [0.1, 0.15) is 11.5 Å². The maximum Gasteiger partial charge on any atom is 0.146 e. The van der Waals surface area contributed by atoms with Crippen LogP contribution in [0.3, 0.4) is 0 Å². The monoisotopic (exact) mass is 220 g/mol. The van der Waals surface area contributed by atoms with E-state index >= 15 is 0 Å². The van der Waals surface area contributed by atoms with Gasteiger partial charge in [-0.15, -0.1) is 11.6 Å². The first kappa shape index (κ1) is 9.93. The van der Waals surface area contributed by atoms with Gasteiger partial charge < -0.3 is 4.74 Å². The van der Waals surface area contributed by atoms with Gasteiger partial charge >= 0.3 is 0 Å². The number of nitrogens with zero attached hydrogens (tertiary/aromatic N) is 2. The quantitative estimate of drug-likeness (QED) is 0.746. The second kappa shape index (κ2) is 4.75. The predicted octanol–water partition coefficient (Wildman–Crippen LogP) is 3.01. The molecule has 0 aromatic carbocycles. The molecule has 2 rings (SSSR count). The van der Waals surface area contributed by atoms with Crippen molar-refractivity contribution in [2.45, 2.75) is 5.88 Å². The minimum absolute atomic E-state index is 0.428. The maximum absolute atomic E-state index is 5.69. The molecule has 0 saturated heterocycles. The van der Waals surface area contributed by atoms with Gasteiger partial charge in [0, 0.05) is 18.3 Å². The molecule has 0 unspecified atom stereocenters. The standard InChI is InChI=1S/C11H9ClN2O/c12-5-9-4-11(8-14-6-9)15-10-2-1-3-13-7-10/h1-4,6-8H,5H2. The Balaban J connectivity index is 2.17. The molecule has 0 bridgehead atoms. The molecule has 0 spiro atoms. The van der Waals surface area contributed by atoms with Crippen LogP contribution in [0.4, 0.5) is 0 Å². The van der Waals surface area contributed by atoms with Crippen molar-refractivity contribution in [3.8, 4) is 11.5 Å². The normalized spacial score (nSPS) is 9.93. The number of ether oxygens (including phenoxy) is 1. The van der Waals surface area contributed by atoms with E-state index in [0.29, 0.717) is 17.4 Å². The first-order valence-electron chi connectivity index (χ1n) is 4.46. The highest BCUT2D eigenvalue weighted by molar-refractivity contribution is 6.17. The number of hydrogen-bond donors (Lipinski definition) is 0. The van der Waals surface area contributed by atoms with Crippen LogP contribution >= 0.6 is 11.6 Å². The van der Waals surface area contributed by atoms with Gasteiger partial charge in [0.05, 0.1) is 12.4 Å². The molecule has 15 heavy (non-hydrogen) atoms. The number of hydrogen-bond acceptors (Lipinski definition) is 3. The summed E-state index contributed by atoms with van der Waals surface area (Å²) in [7, 11) is 0. The average Bonchev–Trinajstić information content (AvgIpc) is 2.31. The summed E-state index contributed by atoms with van der Waals surface area (Å²) in [5.74, 6) is 1.78. The zero-order chi connectivity index (χ0) is 10.5. The summed E-state index contributed by atoms with van der Waals surface area (Å²) < 4.78 is 5.54. The topological polar surface area (TPSA) is 35.0 Å². The van der Waals surface area contributed by atoms with E-state index in [1.165, 1.54) is 0 Å². The highest BCUT2D eigenvalue weighted by Gasteiger charge is 1.98. The Kier molecular flexibility index (Phi) is 3.15. The molecule has 0 fully saturated rings. The van der Waals surface area contributed by atoms with Crippen molar-refractivity contribution in [3.63, 3.8) is 0 Å². The Bertz CT molecular complexity index is 434. The van der Waals surface area contributed by atoms with Gasteiger partial charge in [0.2, 0.25) is 0 Å². The fraction of sp³-hybridized carbons (Fsp3) is 0.0909. The molecule has 0 aliphatic rings. The summed E-state index contributed by atoms with van der Waals surface area (Å²) in [5, 5.41) is 0.